The highest BCUT2D eigenvalue weighted by molar-refractivity contribution is 6.32. The minimum absolute atomic E-state index is 0.177. The fourth-order valence-electron chi connectivity index (χ4n) is 1.05. The first-order chi connectivity index (χ1) is 7.06. The van der Waals surface area contributed by atoms with Crippen molar-refractivity contribution in [3.63, 3.8) is 0 Å². The summed E-state index contributed by atoms with van der Waals surface area (Å²) < 4.78 is 4.59. The molecular weight excluding hydrogens is 196 g/mol. The molecule has 0 saturated carbocycles. The van der Waals surface area contributed by atoms with Crippen LogP contribution < -0.4 is 0 Å². The molecule has 15 heavy (non-hydrogen) atoms. The number of esters is 1. The quantitative estimate of drug-likeness (QED) is 0.504. The second-order valence-electron chi connectivity index (χ2n) is 3.09. The van der Waals surface area contributed by atoms with Crippen molar-refractivity contribution < 1.29 is 14.3 Å². The molecule has 0 radical (unpaired) electrons. The van der Waals surface area contributed by atoms with Crippen molar-refractivity contribution in [1.82, 2.24) is 4.90 Å². The van der Waals surface area contributed by atoms with Gasteiger partial charge in [0.05, 0.1) is 18.6 Å². The van der Waals surface area contributed by atoms with Gasteiger partial charge in [0.15, 0.2) is 0 Å². The molecule has 0 bridgehead atoms. The van der Waals surface area contributed by atoms with E-state index in [0.717, 1.165) is 0 Å². The molecule has 84 valence electrons. The summed E-state index contributed by atoms with van der Waals surface area (Å²) >= 11 is 0. The zero-order valence-electron chi connectivity index (χ0n) is 9.32. The lowest BCUT2D eigenvalue weighted by Crippen LogP contribution is -2.39. The maximum Gasteiger partial charge on any atom is 0.397 e. The Labute approximate surface area is 89.6 Å². The number of hydrogen-bond acceptors (Lipinski definition) is 4. The van der Waals surface area contributed by atoms with E-state index in [1.807, 2.05) is 6.07 Å². The molecule has 1 atom stereocenters. The Bertz CT molecular complexity index is 270. The molecule has 0 aliphatic carbocycles. The molecule has 0 heterocycles. The maximum atomic E-state index is 11.5. The predicted octanol–water partition coefficient (Wildman–Crippen LogP) is 0.558. The normalized spacial score (nSPS) is 11.3. The van der Waals surface area contributed by atoms with E-state index in [9.17, 15) is 9.59 Å². The van der Waals surface area contributed by atoms with Gasteiger partial charge in [-0.05, 0) is 20.8 Å². The van der Waals surface area contributed by atoms with Gasteiger partial charge < -0.3 is 9.64 Å². The summed E-state index contributed by atoms with van der Waals surface area (Å²) in [5.74, 6) is -1.82. The number of nitrogens with zero attached hydrogens (tertiary/aromatic N) is 2. The Balaban J connectivity index is 4.35. The van der Waals surface area contributed by atoms with E-state index in [1.54, 1.807) is 20.8 Å². The van der Waals surface area contributed by atoms with E-state index in [0.29, 0.717) is 6.54 Å². The molecule has 1 amide bonds. The van der Waals surface area contributed by atoms with Gasteiger partial charge in [-0.3, -0.25) is 4.79 Å². The fraction of sp³-hybridized carbons (Fsp3) is 0.700. The second kappa shape index (κ2) is 6.82. The summed E-state index contributed by atoms with van der Waals surface area (Å²) in [5, 5.41) is 8.60. The fourth-order valence-corrected chi connectivity index (χ4v) is 1.05. The van der Waals surface area contributed by atoms with Gasteiger partial charge in [0.25, 0.3) is 0 Å². The third-order valence-electron chi connectivity index (χ3n) is 1.83. The molecule has 0 fully saturated rings. The van der Waals surface area contributed by atoms with Crippen LogP contribution >= 0.6 is 0 Å². The molecule has 0 aromatic heterocycles. The highest BCUT2D eigenvalue weighted by atomic mass is 16.5. The number of carbonyl (C=O) groups is 2. The minimum atomic E-state index is -0.857. The van der Waals surface area contributed by atoms with Gasteiger partial charge >= 0.3 is 11.9 Å². The standard InChI is InChI=1S/C10H16N2O3/c1-4-12(7-8(3)6-11)9(13)10(14)15-5-2/h8H,4-5,7H2,1-3H3. The summed E-state index contributed by atoms with van der Waals surface area (Å²) in [5.41, 5.74) is 0. The van der Waals surface area contributed by atoms with Crippen LogP contribution in [0.3, 0.4) is 0 Å². The molecular formula is C10H16N2O3. The molecule has 0 aromatic carbocycles. The van der Waals surface area contributed by atoms with E-state index in [-0.39, 0.29) is 19.1 Å². The molecule has 5 nitrogen and oxygen atoms in total. The van der Waals surface area contributed by atoms with E-state index in [1.165, 1.54) is 4.90 Å². The number of hydrogen-bond donors (Lipinski definition) is 0. The van der Waals surface area contributed by atoms with Gasteiger partial charge in [0, 0.05) is 13.1 Å². The molecule has 0 aliphatic heterocycles. The molecule has 0 spiro atoms. The zero-order chi connectivity index (χ0) is 11.8. The van der Waals surface area contributed by atoms with Gasteiger partial charge in [-0.25, -0.2) is 4.79 Å². The van der Waals surface area contributed by atoms with Gasteiger partial charge in [0.2, 0.25) is 0 Å². The number of nitriles is 1. The first-order valence-corrected chi connectivity index (χ1v) is 4.92. The Morgan fingerprint density at radius 1 is 1.47 bits per heavy atom. The summed E-state index contributed by atoms with van der Waals surface area (Å²) in [4.78, 5) is 23.9. The number of ether oxygens (including phenoxy) is 1. The minimum Gasteiger partial charge on any atom is -0.459 e. The van der Waals surface area contributed by atoms with Gasteiger partial charge in [-0.15, -0.1) is 0 Å². The summed E-state index contributed by atoms with van der Waals surface area (Å²) in [7, 11) is 0. The Morgan fingerprint density at radius 3 is 2.47 bits per heavy atom. The van der Waals surface area contributed by atoms with E-state index in [4.69, 9.17) is 5.26 Å². The third kappa shape index (κ3) is 4.45. The highest BCUT2D eigenvalue weighted by Gasteiger charge is 2.22. The Kier molecular flexibility index (Phi) is 6.11. The van der Waals surface area contributed by atoms with Crippen LogP contribution in [0.25, 0.3) is 0 Å². The van der Waals surface area contributed by atoms with Crippen LogP contribution in [0.2, 0.25) is 0 Å². The van der Waals surface area contributed by atoms with Crippen LogP contribution in [-0.2, 0) is 14.3 Å². The van der Waals surface area contributed by atoms with Gasteiger partial charge in [-0.1, -0.05) is 0 Å². The van der Waals surface area contributed by atoms with Crippen molar-refractivity contribution in [2.24, 2.45) is 5.92 Å². The van der Waals surface area contributed by atoms with Gasteiger partial charge in [-0.2, -0.15) is 5.26 Å². The van der Waals surface area contributed by atoms with Crippen molar-refractivity contribution in [2.75, 3.05) is 19.7 Å². The molecule has 1 unspecified atom stereocenters. The van der Waals surface area contributed by atoms with Crippen molar-refractivity contribution in [1.29, 1.82) is 5.26 Å². The lowest BCUT2D eigenvalue weighted by atomic mass is 10.2. The molecule has 0 saturated heterocycles. The average Bonchev–Trinajstić information content (AvgIpc) is 2.24. The predicted molar refractivity (Wildman–Crippen MR) is 53.7 cm³/mol. The topological polar surface area (TPSA) is 70.4 Å². The number of likely N-dealkylation sites (N-methyl/N-ethyl adjacent to an activating group) is 1. The lowest BCUT2D eigenvalue weighted by molar-refractivity contribution is -0.159. The van der Waals surface area contributed by atoms with Crippen molar-refractivity contribution >= 4 is 11.9 Å². The molecule has 0 aromatic rings. The largest absolute Gasteiger partial charge is 0.459 e. The van der Waals surface area contributed by atoms with Crippen molar-refractivity contribution in [3.05, 3.63) is 0 Å². The first kappa shape index (κ1) is 13.4. The van der Waals surface area contributed by atoms with Crippen LogP contribution in [0.15, 0.2) is 0 Å². The Morgan fingerprint density at radius 2 is 2.07 bits per heavy atom. The lowest BCUT2D eigenvalue weighted by Gasteiger charge is -2.20. The second-order valence-corrected chi connectivity index (χ2v) is 3.09. The SMILES string of the molecule is CCOC(=O)C(=O)N(CC)CC(C)C#N. The molecule has 5 heteroatoms. The van der Waals surface area contributed by atoms with Gasteiger partial charge in [0.1, 0.15) is 0 Å². The van der Waals surface area contributed by atoms with Crippen molar-refractivity contribution in [2.45, 2.75) is 20.8 Å². The summed E-state index contributed by atoms with van der Waals surface area (Å²) in [6.07, 6.45) is 0. The molecule has 0 rings (SSSR count). The summed E-state index contributed by atoms with van der Waals surface area (Å²) in [6, 6.07) is 2.01. The maximum absolute atomic E-state index is 11.5. The molecule has 0 aliphatic rings. The number of carbonyl (C=O) groups excluding carboxylic acids is 2. The van der Waals surface area contributed by atoms with Crippen LogP contribution in [-0.4, -0.2) is 36.5 Å². The first-order valence-electron chi connectivity index (χ1n) is 4.92. The highest BCUT2D eigenvalue weighted by Crippen LogP contribution is 2.00. The average molecular weight is 212 g/mol. The molecule has 0 N–H and O–H groups in total. The van der Waals surface area contributed by atoms with Crippen LogP contribution in [0.1, 0.15) is 20.8 Å². The van der Waals surface area contributed by atoms with Crippen LogP contribution in [0, 0.1) is 17.2 Å². The monoisotopic (exact) mass is 212 g/mol. The van der Waals surface area contributed by atoms with Crippen LogP contribution in [0.4, 0.5) is 0 Å². The number of amides is 1. The smallest absolute Gasteiger partial charge is 0.397 e. The summed E-state index contributed by atoms with van der Waals surface area (Å²) in [6.45, 7) is 5.91. The van der Waals surface area contributed by atoms with E-state index >= 15 is 0 Å². The zero-order valence-corrected chi connectivity index (χ0v) is 9.32. The van der Waals surface area contributed by atoms with E-state index in [2.05, 4.69) is 4.74 Å². The van der Waals surface area contributed by atoms with Crippen LogP contribution in [0.5, 0.6) is 0 Å². The van der Waals surface area contributed by atoms with E-state index < -0.39 is 11.9 Å². The third-order valence-corrected chi connectivity index (χ3v) is 1.83. The Hall–Kier alpha value is -1.57. The van der Waals surface area contributed by atoms with Crippen molar-refractivity contribution in [3.8, 4) is 6.07 Å². The number of rotatable bonds is 4.